The van der Waals surface area contributed by atoms with Gasteiger partial charge in [-0.25, -0.2) is 0 Å². The molecule has 0 aliphatic rings. The Bertz CT molecular complexity index is 160. The van der Waals surface area contributed by atoms with Gasteiger partial charge in [-0.2, -0.15) is 13.2 Å². The second-order valence-corrected chi connectivity index (χ2v) is 4.26. The van der Waals surface area contributed by atoms with Gasteiger partial charge in [0.05, 0.1) is 6.61 Å². The van der Waals surface area contributed by atoms with Gasteiger partial charge >= 0.3 is 6.18 Å². The van der Waals surface area contributed by atoms with E-state index in [1.807, 2.05) is 0 Å². The van der Waals surface area contributed by atoms with Crippen molar-refractivity contribution < 1.29 is 17.9 Å². The molecule has 5 heteroatoms. The molecule has 1 N–H and O–H groups in total. The largest absolute Gasteiger partial charge is 0.389 e. The van der Waals surface area contributed by atoms with Crippen LogP contribution < -0.4 is 5.32 Å². The van der Waals surface area contributed by atoms with Crippen LogP contribution in [-0.4, -0.2) is 32.5 Å². The van der Waals surface area contributed by atoms with Crippen LogP contribution in [0.25, 0.3) is 0 Å². The van der Waals surface area contributed by atoms with Crippen molar-refractivity contribution in [3.63, 3.8) is 0 Å². The van der Waals surface area contributed by atoms with Crippen molar-refractivity contribution in [3.05, 3.63) is 0 Å². The predicted molar refractivity (Wildman–Crippen MR) is 58.4 cm³/mol. The second kappa shape index (κ2) is 8.82. The third-order valence-electron chi connectivity index (χ3n) is 2.07. The van der Waals surface area contributed by atoms with Gasteiger partial charge in [-0.3, -0.25) is 0 Å². The minimum absolute atomic E-state index is 0.0511. The minimum Gasteiger partial charge on any atom is -0.380 e. The van der Waals surface area contributed by atoms with E-state index in [0.29, 0.717) is 19.1 Å². The van der Waals surface area contributed by atoms with Crippen molar-refractivity contribution in [2.24, 2.45) is 5.92 Å². The van der Waals surface area contributed by atoms with Gasteiger partial charge in [-0.05, 0) is 25.3 Å². The third kappa shape index (κ3) is 13.7. The number of ether oxygens (including phenoxy) is 1. The van der Waals surface area contributed by atoms with Gasteiger partial charge in [0, 0.05) is 19.6 Å². The molecule has 0 aliphatic heterocycles. The van der Waals surface area contributed by atoms with E-state index < -0.39 is 12.6 Å². The molecule has 0 saturated heterocycles. The van der Waals surface area contributed by atoms with Crippen LogP contribution in [-0.2, 0) is 4.74 Å². The summed E-state index contributed by atoms with van der Waals surface area (Å²) in [6.07, 6.45) is -3.66. The molecule has 0 amide bonds. The van der Waals surface area contributed by atoms with E-state index in [2.05, 4.69) is 19.2 Å². The highest BCUT2D eigenvalue weighted by Crippen LogP contribution is 2.20. The number of hydrogen-bond donors (Lipinski definition) is 1. The van der Waals surface area contributed by atoms with Crippen molar-refractivity contribution in [2.45, 2.75) is 39.3 Å². The summed E-state index contributed by atoms with van der Waals surface area (Å²) in [4.78, 5) is 0. The van der Waals surface area contributed by atoms with Gasteiger partial charge in [0.25, 0.3) is 0 Å². The van der Waals surface area contributed by atoms with Crippen LogP contribution >= 0.6 is 0 Å². The zero-order chi connectivity index (χ0) is 12.4. The summed E-state index contributed by atoms with van der Waals surface area (Å²) >= 11 is 0. The second-order valence-electron chi connectivity index (χ2n) is 4.26. The average Bonchev–Trinajstić information content (AvgIpc) is 2.13. The Labute approximate surface area is 95.5 Å². The van der Waals surface area contributed by atoms with Crippen LogP contribution in [0.3, 0.4) is 0 Å². The van der Waals surface area contributed by atoms with E-state index in [1.54, 1.807) is 0 Å². The molecule has 0 heterocycles. The third-order valence-corrected chi connectivity index (χ3v) is 2.07. The maximum atomic E-state index is 11.7. The molecule has 0 radical (unpaired) electrons. The Morgan fingerprint density at radius 1 is 1.12 bits per heavy atom. The molecule has 0 aromatic heterocycles. The highest BCUT2D eigenvalue weighted by atomic mass is 19.4. The summed E-state index contributed by atoms with van der Waals surface area (Å²) in [6, 6.07) is 0. The lowest BCUT2D eigenvalue weighted by Gasteiger charge is -2.08. The first kappa shape index (κ1) is 15.7. The van der Waals surface area contributed by atoms with Crippen LogP contribution in [0.4, 0.5) is 13.2 Å². The minimum atomic E-state index is -4.06. The normalized spacial score (nSPS) is 12.4. The van der Waals surface area contributed by atoms with Crippen molar-refractivity contribution in [2.75, 3.05) is 26.3 Å². The fourth-order valence-electron chi connectivity index (χ4n) is 1.14. The van der Waals surface area contributed by atoms with E-state index in [0.717, 1.165) is 13.0 Å². The number of hydrogen-bond acceptors (Lipinski definition) is 2. The Morgan fingerprint density at radius 2 is 1.81 bits per heavy atom. The fourth-order valence-corrected chi connectivity index (χ4v) is 1.14. The number of rotatable bonds is 9. The Morgan fingerprint density at radius 3 is 2.38 bits per heavy atom. The van der Waals surface area contributed by atoms with Gasteiger partial charge in [-0.1, -0.05) is 13.8 Å². The first-order valence-electron chi connectivity index (χ1n) is 5.77. The molecule has 0 aromatic carbocycles. The lowest BCUT2D eigenvalue weighted by atomic mass is 10.1. The van der Waals surface area contributed by atoms with Gasteiger partial charge < -0.3 is 10.1 Å². The molecular formula is C11H22F3NO. The lowest BCUT2D eigenvalue weighted by Crippen LogP contribution is -2.22. The van der Waals surface area contributed by atoms with E-state index >= 15 is 0 Å². The van der Waals surface area contributed by atoms with E-state index in [1.165, 1.54) is 0 Å². The number of alkyl halides is 3. The Hall–Kier alpha value is -0.290. The molecular weight excluding hydrogens is 219 g/mol. The lowest BCUT2D eigenvalue weighted by molar-refractivity contribution is -0.137. The first-order valence-corrected chi connectivity index (χ1v) is 5.77. The molecule has 16 heavy (non-hydrogen) atoms. The molecule has 0 aliphatic carbocycles. The summed E-state index contributed by atoms with van der Waals surface area (Å²) in [7, 11) is 0. The summed E-state index contributed by atoms with van der Waals surface area (Å²) in [6.45, 7) is 6.61. The quantitative estimate of drug-likeness (QED) is 0.627. The zero-order valence-corrected chi connectivity index (χ0v) is 10.1. The smallest absolute Gasteiger partial charge is 0.380 e. The molecule has 0 rings (SSSR count). The standard InChI is InChI=1S/C11H22F3NO/c1-10(2)4-6-15-7-9-16-8-3-5-11(12,13)14/h10,15H,3-9H2,1-2H3. The predicted octanol–water partition coefficient (Wildman–Crippen LogP) is 2.98. The maximum Gasteiger partial charge on any atom is 0.389 e. The highest BCUT2D eigenvalue weighted by molar-refractivity contribution is 4.52. The monoisotopic (exact) mass is 241 g/mol. The zero-order valence-electron chi connectivity index (χ0n) is 10.1. The maximum absolute atomic E-state index is 11.7. The van der Waals surface area contributed by atoms with Crippen LogP contribution in [0.15, 0.2) is 0 Å². The summed E-state index contributed by atoms with van der Waals surface area (Å²) in [5, 5.41) is 3.18. The average molecular weight is 241 g/mol. The molecule has 0 aromatic rings. The van der Waals surface area contributed by atoms with Crippen molar-refractivity contribution in [1.29, 1.82) is 0 Å². The Kier molecular flexibility index (Phi) is 8.66. The molecule has 0 spiro atoms. The van der Waals surface area contributed by atoms with E-state index in [4.69, 9.17) is 4.74 Å². The molecule has 0 atom stereocenters. The molecule has 0 unspecified atom stereocenters. The number of halogens is 3. The fraction of sp³-hybridized carbons (Fsp3) is 1.00. The summed E-state index contributed by atoms with van der Waals surface area (Å²) < 4.78 is 40.3. The van der Waals surface area contributed by atoms with Gasteiger partial charge in [0.2, 0.25) is 0 Å². The van der Waals surface area contributed by atoms with Crippen molar-refractivity contribution in [1.82, 2.24) is 5.32 Å². The van der Waals surface area contributed by atoms with Crippen LogP contribution in [0.2, 0.25) is 0 Å². The van der Waals surface area contributed by atoms with Gasteiger partial charge in [0.15, 0.2) is 0 Å². The van der Waals surface area contributed by atoms with Crippen LogP contribution in [0, 0.1) is 5.92 Å². The van der Waals surface area contributed by atoms with Crippen LogP contribution in [0.1, 0.15) is 33.1 Å². The van der Waals surface area contributed by atoms with Gasteiger partial charge in [-0.15, -0.1) is 0 Å². The van der Waals surface area contributed by atoms with E-state index in [9.17, 15) is 13.2 Å². The SMILES string of the molecule is CC(C)CCNCCOCCCC(F)(F)F. The molecule has 98 valence electrons. The summed E-state index contributed by atoms with van der Waals surface area (Å²) in [5.74, 6) is 0.667. The molecule has 0 fully saturated rings. The topological polar surface area (TPSA) is 21.3 Å². The summed E-state index contributed by atoms with van der Waals surface area (Å²) in [5.41, 5.74) is 0. The highest BCUT2D eigenvalue weighted by Gasteiger charge is 2.25. The van der Waals surface area contributed by atoms with Crippen molar-refractivity contribution >= 4 is 0 Å². The number of nitrogens with one attached hydrogen (secondary N) is 1. The van der Waals surface area contributed by atoms with Gasteiger partial charge in [0.1, 0.15) is 0 Å². The van der Waals surface area contributed by atoms with E-state index in [-0.39, 0.29) is 13.0 Å². The Balaban J connectivity index is 3.05. The molecule has 0 bridgehead atoms. The van der Waals surface area contributed by atoms with Crippen LogP contribution in [0.5, 0.6) is 0 Å². The molecule has 2 nitrogen and oxygen atoms in total. The van der Waals surface area contributed by atoms with Crippen molar-refractivity contribution in [3.8, 4) is 0 Å². The first-order chi connectivity index (χ1) is 7.42. The molecule has 0 saturated carbocycles.